The van der Waals surface area contributed by atoms with Crippen molar-refractivity contribution >= 4 is 5.97 Å². The van der Waals surface area contributed by atoms with E-state index in [1.165, 1.54) is 26.0 Å². The van der Waals surface area contributed by atoms with Gasteiger partial charge in [-0.05, 0) is 45.0 Å². The lowest BCUT2D eigenvalue weighted by molar-refractivity contribution is -0.274. The maximum Gasteiger partial charge on any atom is 0.573 e. The monoisotopic (exact) mass is 292 g/mol. The van der Waals surface area contributed by atoms with Gasteiger partial charge < -0.3 is 14.2 Å². The van der Waals surface area contributed by atoms with Crippen LogP contribution in [0.4, 0.5) is 13.2 Å². The average Bonchev–Trinajstić information content (AvgIpc) is 2.30. The minimum Gasteiger partial charge on any atom is -0.476 e. The Bertz CT molecular complexity index is 452. The summed E-state index contributed by atoms with van der Waals surface area (Å²) in [5.74, 6) is -0.688. The van der Waals surface area contributed by atoms with Crippen molar-refractivity contribution in [3.05, 3.63) is 24.3 Å². The third kappa shape index (κ3) is 4.99. The number of hydrogen-bond donors (Lipinski definition) is 0. The number of halogens is 3. The van der Waals surface area contributed by atoms with E-state index in [9.17, 15) is 18.0 Å². The molecule has 0 aliphatic carbocycles. The molecule has 1 aromatic rings. The van der Waals surface area contributed by atoms with Crippen molar-refractivity contribution < 1.29 is 32.2 Å². The number of carbonyl (C=O) groups is 1. The first-order chi connectivity index (χ1) is 9.14. The largest absolute Gasteiger partial charge is 0.573 e. The van der Waals surface area contributed by atoms with Gasteiger partial charge in [0.1, 0.15) is 11.5 Å². The van der Waals surface area contributed by atoms with Gasteiger partial charge in [0.2, 0.25) is 0 Å². The summed E-state index contributed by atoms with van der Waals surface area (Å²) in [4.78, 5) is 11.6. The summed E-state index contributed by atoms with van der Waals surface area (Å²) in [5.41, 5.74) is -1.23. The summed E-state index contributed by atoms with van der Waals surface area (Å²) in [6, 6.07) is 4.76. The van der Waals surface area contributed by atoms with E-state index >= 15 is 0 Å². The lowest BCUT2D eigenvalue weighted by Gasteiger charge is -2.24. The smallest absolute Gasteiger partial charge is 0.476 e. The zero-order valence-electron chi connectivity index (χ0n) is 11.3. The SMILES string of the molecule is CCOC(=O)C(C)(C)Oc1ccc(OC(F)(F)F)cc1. The fourth-order valence-electron chi connectivity index (χ4n) is 1.35. The van der Waals surface area contributed by atoms with Crippen LogP contribution in [0.3, 0.4) is 0 Å². The summed E-state index contributed by atoms with van der Waals surface area (Å²) in [6.07, 6.45) is -4.74. The summed E-state index contributed by atoms with van der Waals surface area (Å²) in [7, 11) is 0. The molecule has 1 aromatic carbocycles. The quantitative estimate of drug-likeness (QED) is 0.781. The molecule has 0 aromatic heterocycles. The van der Waals surface area contributed by atoms with Crippen molar-refractivity contribution in [2.75, 3.05) is 6.61 Å². The Morgan fingerprint density at radius 2 is 1.50 bits per heavy atom. The molecule has 20 heavy (non-hydrogen) atoms. The Balaban J connectivity index is 2.72. The van der Waals surface area contributed by atoms with E-state index in [4.69, 9.17) is 9.47 Å². The van der Waals surface area contributed by atoms with Crippen LogP contribution in [0.5, 0.6) is 11.5 Å². The van der Waals surface area contributed by atoms with Gasteiger partial charge in [0.15, 0.2) is 5.60 Å². The summed E-state index contributed by atoms with van der Waals surface area (Å²) in [6.45, 7) is 4.89. The molecule has 0 N–H and O–H groups in total. The second-order valence-electron chi connectivity index (χ2n) is 4.35. The molecule has 0 spiro atoms. The Kier molecular flexibility index (Phi) is 4.86. The molecular weight excluding hydrogens is 277 g/mol. The number of esters is 1. The summed E-state index contributed by atoms with van der Waals surface area (Å²) in [5, 5.41) is 0. The highest BCUT2D eigenvalue weighted by Gasteiger charge is 2.32. The molecule has 0 fully saturated rings. The molecule has 0 saturated carbocycles. The van der Waals surface area contributed by atoms with Gasteiger partial charge in [-0.1, -0.05) is 0 Å². The van der Waals surface area contributed by atoms with Gasteiger partial charge in [0.25, 0.3) is 0 Å². The van der Waals surface area contributed by atoms with E-state index in [-0.39, 0.29) is 18.1 Å². The molecule has 112 valence electrons. The highest BCUT2D eigenvalue weighted by Crippen LogP contribution is 2.26. The predicted molar refractivity (Wildman–Crippen MR) is 64.5 cm³/mol. The van der Waals surface area contributed by atoms with Gasteiger partial charge in [0, 0.05) is 0 Å². The van der Waals surface area contributed by atoms with Crippen LogP contribution in [0.25, 0.3) is 0 Å². The molecule has 0 saturated heterocycles. The second kappa shape index (κ2) is 6.02. The van der Waals surface area contributed by atoms with E-state index in [1.807, 2.05) is 0 Å². The van der Waals surface area contributed by atoms with Gasteiger partial charge >= 0.3 is 12.3 Å². The minimum atomic E-state index is -4.74. The Morgan fingerprint density at radius 1 is 1.05 bits per heavy atom. The van der Waals surface area contributed by atoms with Crippen LogP contribution >= 0.6 is 0 Å². The second-order valence-corrected chi connectivity index (χ2v) is 4.35. The van der Waals surface area contributed by atoms with Crippen LogP contribution in [0.1, 0.15) is 20.8 Å². The van der Waals surface area contributed by atoms with E-state index in [0.717, 1.165) is 12.1 Å². The standard InChI is InChI=1S/C13H15F3O4/c1-4-18-11(17)12(2,3)19-9-5-7-10(8-6-9)20-13(14,15)16/h5-8H,4H2,1-3H3. The number of carbonyl (C=O) groups excluding carboxylic acids is 1. The molecule has 7 heteroatoms. The third-order valence-corrected chi connectivity index (χ3v) is 2.20. The lowest BCUT2D eigenvalue weighted by Crippen LogP contribution is -2.39. The molecule has 0 bridgehead atoms. The molecule has 1 rings (SSSR count). The molecule has 0 unspecified atom stereocenters. The van der Waals surface area contributed by atoms with Crippen molar-refractivity contribution in [1.29, 1.82) is 0 Å². The van der Waals surface area contributed by atoms with Crippen LogP contribution in [0.2, 0.25) is 0 Å². The van der Waals surface area contributed by atoms with Gasteiger partial charge in [-0.25, -0.2) is 4.79 Å². The van der Waals surface area contributed by atoms with Crippen LogP contribution in [0, 0.1) is 0 Å². The molecule has 0 amide bonds. The predicted octanol–water partition coefficient (Wildman–Crippen LogP) is 3.31. The van der Waals surface area contributed by atoms with Crippen molar-refractivity contribution in [3.63, 3.8) is 0 Å². The van der Waals surface area contributed by atoms with E-state index < -0.39 is 17.9 Å². The highest BCUT2D eigenvalue weighted by atomic mass is 19.4. The average molecular weight is 292 g/mol. The van der Waals surface area contributed by atoms with Gasteiger partial charge in [0.05, 0.1) is 6.61 Å². The Morgan fingerprint density at radius 3 is 1.90 bits per heavy atom. The fraction of sp³-hybridized carbons (Fsp3) is 0.462. The van der Waals surface area contributed by atoms with Gasteiger partial charge in [-0.3, -0.25) is 0 Å². The molecule has 0 radical (unpaired) electrons. The Hall–Kier alpha value is -1.92. The zero-order valence-corrected chi connectivity index (χ0v) is 11.3. The molecular formula is C13H15F3O4. The topological polar surface area (TPSA) is 44.8 Å². The van der Waals surface area contributed by atoms with Crippen LogP contribution in [0.15, 0.2) is 24.3 Å². The Labute approximate surface area is 114 Å². The molecule has 0 aliphatic rings. The number of hydrogen-bond acceptors (Lipinski definition) is 4. The van der Waals surface area contributed by atoms with Crippen LogP contribution < -0.4 is 9.47 Å². The van der Waals surface area contributed by atoms with Crippen molar-refractivity contribution in [3.8, 4) is 11.5 Å². The van der Waals surface area contributed by atoms with Crippen molar-refractivity contribution in [2.24, 2.45) is 0 Å². The summed E-state index contributed by atoms with van der Waals surface area (Å²) < 4.78 is 49.9. The molecule has 0 heterocycles. The van der Waals surface area contributed by atoms with E-state index in [2.05, 4.69) is 4.74 Å². The molecule has 4 nitrogen and oxygen atoms in total. The maximum absolute atomic E-state index is 12.0. The van der Waals surface area contributed by atoms with Crippen molar-refractivity contribution in [1.82, 2.24) is 0 Å². The van der Waals surface area contributed by atoms with E-state index in [0.29, 0.717) is 0 Å². The summed E-state index contributed by atoms with van der Waals surface area (Å²) >= 11 is 0. The van der Waals surface area contributed by atoms with Crippen molar-refractivity contribution in [2.45, 2.75) is 32.7 Å². The number of alkyl halides is 3. The molecule has 0 atom stereocenters. The van der Waals surface area contributed by atoms with Gasteiger partial charge in [-0.2, -0.15) is 0 Å². The number of benzene rings is 1. The lowest BCUT2D eigenvalue weighted by atomic mass is 10.1. The maximum atomic E-state index is 12.0. The first kappa shape index (κ1) is 16.1. The highest BCUT2D eigenvalue weighted by molar-refractivity contribution is 5.79. The fourth-order valence-corrected chi connectivity index (χ4v) is 1.35. The van der Waals surface area contributed by atoms with Crippen LogP contribution in [-0.2, 0) is 9.53 Å². The number of ether oxygens (including phenoxy) is 3. The first-order valence-corrected chi connectivity index (χ1v) is 5.86. The van der Waals surface area contributed by atoms with E-state index in [1.54, 1.807) is 6.92 Å². The third-order valence-electron chi connectivity index (χ3n) is 2.20. The minimum absolute atomic E-state index is 0.212. The molecule has 0 aliphatic heterocycles. The number of rotatable bonds is 5. The van der Waals surface area contributed by atoms with Gasteiger partial charge in [-0.15, -0.1) is 13.2 Å². The first-order valence-electron chi connectivity index (χ1n) is 5.86. The van der Waals surface area contributed by atoms with Crippen LogP contribution in [-0.4, -0.2) is 24.5 Å². The normalized spacial score (nSPS) is 11.9. The zero-order chi connectivity index (χ0) is 15.4.